The highest BCUT2D eigenvalue weighted by molar-refractivity contribution is 6.29. The van der Waals surface area contributed by atoms with Gasteiger partial charge in [0.1, 0.15) is 18.2 Å². The maximum Gasteiger partial charge on any atom is 0.226 e. The largest absolute Gasteiger partial charge is 0.489 e. The molecule has 0 radical (unpaired) electrons. The number of anilines is 1. The summed E-state index contributed by atoms with van der Waals surface area (Å²) in [6.45, 7) is 6.00. The van der Waals surface area contributed by atoms with Crippen LogP contribution in [-0.4, -0.2) is 32.5 Å². The quantitative estimate of drug-likeness (QED) is 0.666. The van der Waals surface area contributed by atoms with Crippen LogP contribution in [0.25, 0.3) is 5.82 Å². The molecule has 4 rings (SSSR count). The van der Waals surface area contributed by atoms with Crippen LogP contribution in [0.2, 0.25) is 5.15 Å². The van der Waals surface area contributed by atoms with Crippen molar-refractivity contribution in [3.63, 3.8) is 0 Å². The Labute approximate surface area is 167 Å². The Morgan fingerprint density at radius 3 is 2.89 bits per heavy atom. The van der Waals surface area contributed by atoms with Crippen molar-refractivity contribution in [3.05, 3.63) is 71.0 Å². The topological polar surface area (TPSA) is 81.9 Å². The van der Waals surface area contributed by atoms with Crippen LogP contribution in [0.4, 0.5) is 5.82 Å². The smallest absolute Gasteiger partial charge is 0.226 e. The number of ether oxygens (including phenoxy) is 1. The second kappa shape index (κ2) is 7.44. The van der Waals surface area contributed by atoms with E-state index in [1.807, 2.05) is 31.2 Å². The minimum Gasteiger partial charge on any atom is -0.489 e. The Bertz CT molecular complexity index is 1050. The number of rotatable bonds is 5. The third kappa shape index (κ3) is 3.25. The monoisotopic (exact) mass is 395 g/mol. The molecular weight excluding hydrogens is 378 g/mol. The second-order valence-electron chi connectivity index (χ2n) is 6.42. The van der Waals surface area contributed by atoms with Crippen LogP contribution in [0.1, 0.15) is 29.2 Å². The summed E-state index contributed by atoms with van der Waals surface area (Å²) >= 11 is 5.84. The molecule has 1 aromatic carbocycles. The van der Waals surface area contributed by atoms with E-state index in [0.29, 0.717) is 24.7 Å². The van der Waals surface area contributed by atoms with Crippen molar-refractivity contribution in [2.45, 2.75) is 19.3 Å². The number of hydrogen-bond acceptors (Lipinski definition) is 5. The number of carbonyl (C=O) groups excluding carboxylic acids is 1. The average molecular weight is 396 g/mol. The predicted octanol–water partition coefficient (Wildman–Crippen LogP) is 3.66. The summed E-state index contributed by atoms with van der Waals surface area (Å²) < 4.78 is 7.41. The van der Waals surface area contributed by atoms with Gasteiger partial charge in [0.05, 0.1) is 5.69 Å². The molecule has 0 fully saturated rings. The molecule has 2 aromatic heterocycles. The molecule has 1 aliphatic rings. The van der Waals surface area contributed by atoms with Crippen LogP contribution in [0, 0.1) is 6.92 Å². The van der Waals surface area contributed by atoms with Crippen molar-refractivity contribution in [1.82, 2.24) is 20.0 Å². The zero-order valence-electron chi connectivity index (χ0n) is 15.2. The second-order valence-corrected chi connectivity index (χ2v) is 6.80. The molecule has 0 spiro atoms. The minimum atomic E-state index is -0.182. The van der Waals surface area contributed by atoms with E-state index < -0.39 is 0 Å². The van der Waals surface area contributed by atoms with Crippen LogP contribution in [-0.2, 0) is 4.79 Å². The molecule has 7 nitrogen and oxygen atoms in total. The number of amides is 1. The first-order chi connectivity index (χ1) is 13.6. The Kier molecular flexibility index (Phi) is 4.83. The fourth-order valence-corrected chi connectivity index (χ4v) is 3.55. The molecule has 1 unspecified atom stereocenters. The molecule has 8 heteroatoms. The molecule has 3 heterocycles. The third-order valence-corrected chi connectivity index (χ3v) is 4.79. The average Bonchev–Trinajstić information content (AvgIpc) is 3.03. The fourth-order valence-electron chi connectivity index (χ4n) is 3.45. The highest BCUT2D eigenvalue weighted by Crippen LogP contribution is 2.42. The maximum absolute atomic E-state index is 12.5. The predicted molar refractivity (Wildman–Crippen MR) is 106 cm³/mol. The molecule has 1 N–H and O–H groups in total. The number of carbonyl (C=O) groups is 1. The van der Waals surface area contributed by atoms with E-state index in [0.717, 1.165) is 22.6 Å². The number of nitrogens with zero attached hydrogens (tertiary/aromatic N) is 4. The van der Waals surface area contributed by atoms with Crippen LogP contribution >= 0.6 is 11.6 Å². The first-order valence-electron chi connectivity index (χ1n) is 8.80. The van der Waals surface area contributed by atoms with E-state index in [1.165, 1.54) is 0 Å². The lowest BCUT2D eigenvalue weighted by molar-refractivity contribution is -0.116. The molecule has 1 aliphatic heterocycles. The zero-order valence-corrected chi connectivity index (χ0v) is 16.0. The molecular formula is C20H18ClN5O2. The Morgan fingerprint density at radius 2 is 2.14 bits per heavy atom. The molecule has 3 aromatic rings. The van der Waals surface area contributed by atoms with Gasteiger partial charge < -0.3 is 10.1 Å². The fraction of sp³-hybridized carbons (Fsp3) is 0.200. The van der Waals surface area contributed by atoms with Crippen molar-refractivity contribution in [2.24, 2.45) is 0 Å². The van der Waals surface area contributed by atoms with Crippen molar-refractivity contribution in [2.75, 3.05) is 11.9 Å². The molecule has 28 heavy (non-hydrogen) atoms. The van der Waals surface area contributed by atoms with Gasteiger partial charge in [0.15, 0.2) is 11.0 Å². The number of nitrogens with one attached hydrogen (secondary N) is 1. The summed E-state index contributed by atoms with van der Waals surface area (Å²) in [6.07, 6.45) is 2.00. The lowest BCUT2D eigenvalue weighted by Crippen LogP contribution is -2.25. The highest BCUT2D eigenvalue weighted by Gasteiger charge is 2.34. The normalized spacial score (nSPS) is 15.6. The van der Waals surface area contributed by atoms with E-state index in [4.69, 9.17) is 16.3 Å². The molecule has 1 atom stereocenters. The lowest BCUT2D eigenvalue weighted by atomic mass is 9.85. The summed E-state index contributed by atoms with van der Waals surface area (Å²) in [5.41, 5.74) is 2.67. The van der Waals surface area contributed by atoms with Gasteiger partial charge in [0, 0.05) is 23.5 Å². The van der Waals surface area contributed by atoms with Crippen LogP contribution in [0.15, 0.2) is 49.1 Å². The number of benzene rings is 1. The van der Waals surface area contributed by atoms with Gasteiger partial charge in [-0.2, -0.15) is 9.78 Å². The number of aromatic nitrogens is 4. The number of aryl methyl sites for hydroxylation is 1. The standard InChI is InChI=1S/C20H18ClN5O2/c1-3-10-28-15-7-5-4-6-13(15)14-11-18(27)22-20-19(14)12(2)25-26(20)17-9-8-16(21)23-24-17/h3-9,14H,1,10-11H2,2H3,(H,22,27). The number of para-hydroxylation sites is 1. The van der Waals surface area contributed by atoms with E-state index in [-0.39, 0.29) is 17.0 Å². The Balaban J connectivity index is 1.84. The van der Waals surface area contributed by atoms with E-state index in [9.17, 15) is 4.79 Å². The summed E-state index contributed by atoms with van der Waals surface area (Å²) in [7, 11) is 0. The van der Waals surface area contributed by atoms with Gasteiger partial charge in [0.2, 0.25) is 5.91 Å². The first-order valence-corrected chi connectivity index (χ1v) is 9.18. The van der Waals surface area contributed by atoms with Crippen molar-refractivity contribution in [1.29, 1.82) is 0 Å². The van der Waals surface area contributed by atoms with Crippen LogP contribution < -0.4 is 10.1 Å². The molecule has 0 aliphatic carbocycles. The molecule has 142 valence electrons. The number of hydrogen-bond donors (Lipinski definition) is 1. The number of fused-ring (bicyclic) bond motifs is 1. The minimum absolute atomic E-state index is 0.0981. The zero-order chi connectivity index (χ0) is 19.7. The van der Waals surface area contributed by atoms with E-state index in [1.54, 1.807) is 22.9 Å². The van der Waals surface area contributed by atoms with E-state index in [2.05, 4.69) is 27.2 Å². The Morgan fingerprint density at radius 1 is 1.32 bits per heavy atom. The third-order valence-electron chi connectivity index (χ3n) is 4.59. The lowest BCUT2D eigenvalue weighted by Gasteiger charge is -2.25. The summed E-state index contributed by atoms with van der Waals surface area (Å²) in [6, 6.07) is 11.1. The van der Waals surface area contributed by atoms with Crippen LogP contribution in [0.5, 0.6) is 5.75 Å². The summed E-state index contributed by atoms with van der Waals surface area (Å²) in [4.78, 5) is 12.5. The van der Waals surface area contributed by atoms with Gasteiger partial charge in [-0.3, -0.25) is 4.79 Å². The maximum atomic E-state index is 12.5. The number of halogens is 1. The van der Waals surface area contributed by atoms with Gasteiger partial charge in [-0.05, 0) is 25.1 Å². The highest BCUT2D eigenvalue weighted by atomic mass is 35.5. The molecule has 0 saturated heterocycles. The van der Waals surface area contributed by atoms with Crippen molar-refractivity contribution in [3.8, 4) is 11.6 Å². The van der Waals surface area contributed by atoms with Crippen LogP contribution in [0.3, 0.4) is 0 Å². The molecule has 1 amide bonds. The first kappa shape index (κ1) is 18.2. The SMILES string of the molecule is C=CCOc1ccccc1C1CC(=O)Nc2c1c(C)nn2-c1ccc(Cl)nn1. The summed E-state index contributed by atoms with van der Waals surface area (Å²) in [5.74, 6) is 1.52. The van der Waals surface area contributed by atoms with Gasteiger partial charge in [-0.25, -0.2) is 0 Å². The van der Waals surface area contributed by atoms with Gasteiger partial charge in [0.25, 0.3) is 0 Å². The van der Waals surface area contributed by atoms with Crippen molar-refractivity contribution >= 4 is 23.3 Å². The molecule has 0 saturated carbocycles. The van der Waals surface area contributed by atoms with E-state index >= 15 is 0 Å². The van der Waals surface area contributed by atoms with Gasteiger partial charge in [-0.15, -0.1) is 10.2 Å². The van der Waals surface area contributed by atoms with Gasteiger partial charge in [-0.1, -0.05) is 42.5 Å². The molecule has 0 bridgehead atoms. The Hall–Kier alpha value is -3.19. The van der Waals surface area contributed by atoms with Gasteiger partial charge >= 0.3 is 0 Å². The summed E-state index contributed by atoms with van der Waals surface area (Å²) in [5, 5.41) is 15.8. The van der Waals surface area contributed by atoms with Crippen molar-refractivity contribution < 1.29 is 9.53 Å².